The fourth-order valence-corrected chi connectivity index (χ4v) is 3.79. The van der Waals surface area contributed by atoms with Gasteiger partial charge in [0, 0.05) is 20.6 Å². The first kappa shape index (κ1) is 14.1. The molecule has 0 saturated carbocycles. The molecule has 0 unspecified atom stereocenters. The van der Waals surface area contributed by atoms with E-state index in [-0.39, 0.29) is 5.44 Å². The van der Waals surface area contributed by atoms with E-state index < -0.39 is 7.60 Å². The lowest BCUT2D eigenvalue weighted by Gasteiger charge is -2.29. The van der Waals surface area contributed by atoms with Crippen LogP contribution < -0.4 is 0 Å². The first-order valence-corrected chi connectivity index (χ1v) is 7.87. The van der Waals surface area contributed by atoms with Crippen molar-refractivity contribution in [2.45, 2.75) is 25.7 Å². The molecule has 1 rings (SSSR count). The molecule has 1 heterocycles. The number of hydrogen-bond acceptors (Lipinski definition) is 5. The molecular weight excluding hydrogens is 247 g/mol. The van der Waals surface area contributed by atoms with E-state index in [4.69, 9.17) is 13.8 Å². The summed E-state index contributed by atoms with van der Waals surface area (Å²) in [6.07, 6.45) is 2.76. The van der Waals surface area contributed by atoms with Crippen molar-refractivity contribution in [2.24, 2.45) is 5.92 Å². The van der Waals surface area contributed by atoms with E-state index in [1.807, 2.05) is 6.08 Å². The van der Waals surface area contributed by atoms with Gasteiger partial charge in [0.2, 0.25) is 5.50 Å². The Morgan fingerprint density at radius 2 is 2.19 bits per heavy atom. The summed E-state index contributed by atoms with van der Waals surface area (Å²) in [5, 5.41) is 0. The Hall–Kier alpha value is 0.0400. The van der Waals surface area contributed by atoms with Crippen molar-refractivity contribution in [3.63, 3.8) is 0 Å². The predicted molar refractivity (Wildman–Crippen MR) is 66.5 cm³/mol. The highest BCUT2D eigenvalue weighted by Gasteiger charge is 2.35. The molecule has 0 aliphatic carbocycles. The molecule has 1 aliphatic rings. The number of hydrogen-bond donors (Lipinski definition) is 0. The fraction of sp³-hybridized carbons (Fsp3) is 0.800. The zero-order chi connectivity index (χ0) is 12.2. The first-order valence-electron chi connectivity index (χ1n) is 5.27. The molecule has 0 bridgehead atoms. The van der Waals surface area contributed by atoms with Crippen molar-refractivity contribution in [3.8, 4) is 0 Å². The second-order valence-corrected chi connectivity index (χ2v) is 7.19. The number of ether oxygens (including phenoxy) is 1. The summed E-state index contributed by atoms with van der Waals surface area (Å²) in [6, 6.07) is 0. The predicted octanol–water partition coefficient (Wildman–Crippen LogP) is 3.45. The summed E-state index contributed by atoms with van der Waals surface area (Å²) in [5.74, 6) is 1.29. The fourth-order valence-electron chi connectivity index (χ4n) is 1.54. The average molecular weight is 266 g/mol. The van der Waals surface area contributed by atoms with Gasteiger partial charge in [0.1, 0.15) is 5.44 Å². The second kappa shape index (κ2) is 6.10. The normalized spacial score (nSPS) is 26.1. The van der Waals surface area contributed by atoms with E-state index in [1.54, 1.807) is 11.8 Å². The molecule has 0 amide bonds. The van der Waals surface area contributed by atoms with Crippen LogP contribution in [0, 0.1) is 5.92 Å². The van der Waals surface area contributed by atoms with Crippen molar-refractivity contribution in [1.82, 2.24) is 0 Å². The van der Waals surface area contributed by atoms with Crippen LogP contribution in [0.1, 0.15) is 20.3 Å². The molecule has 4 nitrogen and oxygen atoms in total. The smallest absolute Gasteiger partial charge is 0.394 e. The van der Waals surface area contributed by atoms with E-state index in [0.29, 0.717) is 11.4 Å². The van der Waals surface area contributed by atoms with Gasteiger partial charge in [-0.25, -0.2) is 0 Å². The highest BCUT2D eigenvalue weighted by Crippen LogP contribution is 2.57. The van der Waals surface area contributed by atoms with E-state index in [0.717, 1.165) is 12.2 Å². The lowest BCUT2D eigenvalue weighted by atomic mass is 10.1. The Kier molecular flexibility index (Phi) is 5.38. The van der Waals surface area contributed by atoms with Crippen molar-refractivity contribution in [2.75, 3.05) is 20.0 Å². The molecule has 0 radical (unpaired) electrons. The SMILES string of the molecule is CCS[C@@H]1C[C@H](C)C=C(P(=O)(OC)OC)O1. The van der Waals surface area contributed by atoms with Gasteiger partial charge in [0.15, 0.2) is 0 Å². The molecule has 0 fully saturated rings. The van der Waals surface area contributed by atoms with E-state index in [9.17, 15) is 4.57 Å². The van der Waals surface area contributed by atoms with Crippen LogP contribution in [0.3, 0.4) is 0 Å². The summed E-state index contributed by atoms with van der Waals surface area (Å²) in [7, 11) is -0.488. The van der Waals surface area contributed by atoms with Crippen LogP contribution in [-0.4, -0.2) is 25.4 Å². The number of allylic oxidation sites excluding steroid dienone is 1. The van der Waals surface area contributed by atoms with E-state index in [1.165, 1.54) is 14.2 Å². The average Bonchev–Trinajstić information content (AvgIpc) is 2.27. The zero-order valence-corrected chi connectivity index (χ0v) is 11.8. The molecule has 2 atom stereocenters. The molecule has 0 aromatic rings. The Bertz CT molecular complexity index is 297. The van der Waals surface area contributed by atoms with Crippen molar-refractivity contribution < 1.29 is 18.3 Å². The molecule has 0 saturated heterocycles. The Balaban J connectivity index is 2.83. The van der Waals surface area contributed by atoms with Gasteiger partial charge in [0.25, 0.3) is 0 Å². The highest BCUT2D eigenvalue weighted by atomic mass is 32.2. The van der Waals surface area contributed by atoms with Gasteiger partial charge in [-0.2, -0.15) is 0 Å². The summed E-state index contributed by atoms with van der Waals surface area (Å²) in [4.78, 5) is 0. The van der Waals surface area contributed by atoms with Crippen LogP contribution in [0.25, 0.3) is 0 Å². The lowest BCUT2D eigenvalue weighted by molar-refractivity contribution is 0.149. The quantitative estimate of drug-likeness (QED) is 0.713. The number of thioether (sulfide) groups is 1. The topological polar surface area (TPSA) is 44.8 Å². The minimum absolute atomic E-state index is 0.0404. The molecule has 0 spiro atoms. The van der Waals surface area contributed by atoms with Gasteiger partial charge in [-0.3, -0.25) is 4.57 Å². The zero-order valence-electron chi connectivity index (χ0n) is 10.1. The first-order chi connectivity index (χ1) is 7.55. The Labute approximate surface area is 101 Å². The Morgan fingerprint density at radius 1 is 1.56 bits per heavy atom. The van der Waals surface area contributed by atoms with Gasteiger partial charge >= 0.3 is 7.60 Å². The highest BCUT2D eigenvalue weighted by molar-refractivity contribution is 7.99. The van der Waals surface area contributed by atoms with Crippen molar-refractivity contribution in [3.05, 3.63) is 11.6 Å². The second-order valence-electron chi connectivity index (χ2n) is 3.58. The van der Waals surface area contributed by atoms with Crippen LogP contribution in [-0.2, 0) is 18.3 Å². The Morgan fingerprint density at radius 3 is 2.69 bits per heavy atom. The molecule has 94 valence electrons. The maximum atomic E-state index is 12.2. The van der Waals surface area contributed by atoms with Crippen LogP contribution in [0.4, 0.5) is 0 Å². The lowest BCUT2D eigenvalue weighted by Crippen LogP contribution is -2.18. The molecule has 16 heavy (non-hydrogen) atoms. The molecule has 0 aromatic heterocycles. The molecular formula is C10H19O4PS. The number of rotatable bonds is 5. The summed E-state index contributed by atoms with van der Waals surface area (Å²) in [5.41, 5.74) is 0.390. The van der Waals surface area contributed by atoms with Gasteiger partial charge in [-0.1, -0.05) is 13.8 Å². The van der Waals surface area contributed by atoms with Gasteiger partial charge in [0.05, 0.1) is 0 Å². The third kappa shape index (κ3) is 3.27. The van der Waals surface area contributed by atoms with Crippen molar-refractivity contribution >= 4 is 19.4 Å². The van der Waals surface area contributed by atoms with E-state index in [2.05, 4.69) is 13.8 Å². The molecule has 1 aliphatic heterocycles. The third-order valence-corrected chi connectivity index (χ3v) is 5.10. The molecule has 6 heteroatoms. The minimum Gasteiger partial charge on any atom is -0.472 e. The summed E-state index contributed by atoms with van der Waals surface area (Å²) in [6.45, 7) is 4.14. The maximum Gasteiger partial charge on any atom is 0.394 e. The molecule has 0 N–H and O–H groups in total. The van der Waals surface area contributed by atoms with E-state index >= 15 is 0 Å². The van der Waals surface area contributed by atoms with Crippen LogP contribution in [0.2, 0.25) is 0 Å². The maximum absolute atomic E-state index is 12.2. The van der Waals surface area contributed by atoms with Gasteiger partial charge in [-0.05, 0) is 17.7 Å². The summed E-state index contributed by atoms with van der Waals surface area (Å²) < 4.78 is 27.7. The van der Waals surface area contributed by atoms with Crippen molar-refractivity contribution in [1.29, 1.82) is 0 Å². The molecule has 0 aromatic carbocycles. The van der Waals surface area contributed by atoms with Gasteiger partial charge < -0.3 is 13.8 Å². The minimum atomic E-state index is -3.23. The van der Waals surface area contributed by atoms with Crippen LogP contribution in [0.15, 0.2) is 11.6 Å². The van der Waals surface area contributed by atoms with Crippen LogP contribution in [0.5, 0.6) is 0 Å². The summed E-state index contributed by atoms with van der Waals surface area (Å²) >= 11 is 1.70. The standard InChI is InChI=1S/C10H19O4PS/c1-5-16-10-7-8(2)6-9(14-10)15(11,12-3)13-4/h6,8,10H,5,7H2,1-4H3/t8-,10-/m1/s1. The van der Waals surface area contributed by atoms with Crippen LogP contribution >= 0.6 is 19.4 Å². The monoisotopic (exact) mass is 266 g/mol. The van der Waals surface area contributed by atoms with Gasteiger partial charge in [-0.15, -0.1) is 11.8 Å². The third-order valence-electron chi connectivity index (χ3n) is 2.35. The largest absolute Gasteiger partial charge is 0.472 e.